The molecule has 1 saturated carbocycles. The maximum Gasteiger partial charge on any atom is 0.00925 e. The lowest BCUT2D eigenvalue weighted by Gasteiger charge is -2.38. The van der Waals surface area contributed by atoms with E-state index in [9.17, 15) is 0 Å². The molecule has 2 nitrogen and oxygen atoms in total. The van der Waals surface area contributed by atoms with E-state index in [4.69, 9.17) is 0 Å². The molecule has 2 fully saturated rings. The van der Waals surface area contributed by atoms with Crippen molar-refractivity contribution < 1.29 is 0 Å². The van der Waals surface area contributed by atoms with Crippen molar-refractivity contribution in [3.05, 3.63) is 0 Å². The zero-order chi connectivity index (χ0) is 13.0. The average molecular weight is 252 g/mol. The molecule has 0 aromatic heterocycles. The highest BCUT2D eigenvalue weighted by Gasteiger charge is 2.26. The number of nitrogens with one attached hydrogen (secondary N) is 1. The van der Waals surface area contributed by atoms with E-state index in [1.807, 2.05) is 0 Å². The fourth-order valence-corrected chi connectivity index (χ4v) is 3.83. The van der Waals surface area contributed by atoms with Gasteiger partial charge >= 0.3 is 0 Å². The van der Waals surface area contributed by atoms with Gasteiger partial charge in [-0.15, -0.1) is 0 Å². The van der Waals surface area contributed by atoms with Crippen LogP contribution >= 0.6 is 0 Å². The van der Waals surface area contributed by atoms with Gasteiger partial charge in [0.15, 0.2) is 0 Å². The van der Waals surface area contributed by atoms with Gasteiger partial charge in [0.05, 0.1) is 0 Å². The van der Waals surface area contributed by atoms with Gasteiger partial charge in [0.25, 0.3) is 0 Å². The summed E-state index contributed by atoms with van der Waals surface area (Å²) in [5.41, 5.74) is 0. The molecule has 1 aliphatic carbocycles. The summed E-state index contributed by atoms with van der Waals surface area (Å²) in [5.74, 6) is 2.83. The third-order valence-corrected chi connectivity index (χ3v) is 5.31. The van der Waals surface area contributed by atoms with Crippen LogP contribution < -0.4 is 5.32 Å². The molecule has 0 aromatic carbocycles. The summed E-state index contributed by atoms with van der Waals surface area (Å²) < 4.78 is 0. The standard InChI is InChI=1S/C16H32N2/c1-13(2)15-4-6-16(7-5-15)18(3)12-14-8-10-17-11-9-14/h13-17H,4-12H2,1-3H3. The third kappa shape index (κ3) is 3.96. The molecule has 0 bridgehead atoms. The molecule has 0 spiro atoms. The highest BCUT2D eigenvalue weighted by atomic mass is 15.1. The average Bonchev–Trinajstić information content (AvgIpc) is 2.40. The highest BCUT2D eigenvalue weighted by Crippen LogP contribution is 2.32. The quantitative estimate of drug-likeness (QED) is 0.827. The molecule has 2 aliphatic rings. The fourth-order valence-electron chi connectivity index (χ4n) is 3.83. The van der Waals surface area contributed by atoms with Crippen molar-refractivity contribution in [3.8, 4) is 0 Å². The Hall–Kier alpha value is -0.0800. The second-order valence-electron chi connectivity index (χ2n) is 6.95. The first-order valence-electron chi connectivity index (χ1n) is 8.07. The molecule has 106 valence electrons. The SMILES string of the molecule is CC(C)C1CCC(N(C)CC2CCNCC2)CC1. The lowest BCUT2D eigenvalue weighted by Crippen LogP contribution is -2.41. The van der Waals surface area contributed by atoms with E-state index < -0.39 is 0 Å². The summed E-state index contributed by atoms with van der Waals surface area (Å²) in [6.45, 7) is 8.59. The zero-order valence-electron chi connectivity index (χ0n) is 12.6. The summed E-state index contributed by atoms with van der Waals surface area (Å²) in [6.07, 6.45) is 8.55. The first-order chi connectivity index (χ1) is 8.66. The summed E-state index contributed by atoms with van der Waals surface area (Å²) >= 11 is 0. The Kier molecular flexibility index (Phi) is 5.50. The monoisotopic (exact) mass is 252 g/mol. The smallest absolute Gasteiger partial charge is 0.00925 e. The Morgan fingerprint density at radius 2 is 1.61 bits per heavy atom. The van der Waals surface area contributed by atoms with Gasteiger partial charge in [-0.1, -0.05) is 13.8 Å². The number of piperidine rings is 1. The van der Waals surface area contributed by atoms with Crippen molar-refractivity contribution in [1.29, 1.82) is 0 Å². The van der Waals surface area contributed by atoms with Gasteiger partial charge in [0, 0.05) is 12.6 Å². The van der Waals surface area contributed by atoms with Crippen LogP contribution in [0.15, 0.2) is 0 Å². The predicted molar refractivity (Wildman–Crippen MR) is 78.8 cm³/mol. The van der Waals surface area contributed by atoms with Crippen molar-refractivity contribution in [1.82, 2.24) is 10.2 Å². The molecule has 18 heavy (non-hydrogen) atoms. The van der Waals surface area contributed by atoms with Crippen LogP contribution in [0.4, 0.5) is 0 Å². The van der Waals surface area contributed by atoms with Crippen LogP contribution in [0.3, 0.4) is 0 Å². The zero-order valence-corrected chi connectivity index (χ0v) is 12.6. The molecule has 0 atom stereocenters. The Balaban J connectivity index is 1.71. The Morgan fingerprint density at radius 1 is 1.00 bits per heavy atom. The number of hydrogen-bond donors (Lipinski definition) is 1. The van der Waals surface area contributed by atoms with Gasteiger partial charge in [-0.3, -0.25) is 0 Å². The molecule has 1 N–H and O–H groups in total. The molecular weight excluding hydrogens is 220 g/mol. The summed E-state index contributed by atoms with van der Waals surface area (Å²) in [6, 6.07) is 0.870. The van der Waals surface area contributed by atoms with Crippen LogP contribution in [0, 0.1) is 17.8 Å². The number of nitrogens with zero attached hydrogens (tertiary/aromatic N) is 1. The van der Waals surface area contributed by atoms with Crippen LogP contribution in [0.1, 0.15) is 52.4 Å². The van der Waals surface area contributed by atoms with E-state index in [0.29, 0.717) is 0 Å². The highest BCUT2D eigenvalue weighted by molar-refractivity contribution is 4.81. The van der Waals surface area contributed by atoms with E-state index >= 15 is 0 Å². The van der Waals surface area contributed by atoms with Gasteiger partial charge in [-0.2, -0.15) is 0 Å². The van der Waals surface area contributed by atoms with Crippen molar-refractivity contribution in [2.45, 2.75) is 58.4 Å². The van der Waals surface area contributed by atoms with E-state index in [1.54, 1.807) is 0 Å². The maximum absolute atomic E-state index is 3.47. The van der Waals surface area contributed by atoms with Gasteiger partial charge in [-0.05, 0) is 76.4 Å². The summed E-state index contributed by atoms with van der Waals surface area (Å²) in [7, 11) is 2.36. The predicted octanol–water partition coefficient (Wildman–Crippen LogP) is 3.13. The maximum atomic E-state index is 3.47. The van der Waals surface area contributed by atoms with Crippen molar-refractivity contribution in [2.75, 3.05) is 26.7 Å². The normalized spacial score (nSPS) is 31.2. The Labute approximate surface area is 114 Å². The largest absolute Gasteiger partial charge is 0.317 e. The minimum Gasteiger partial charge on any atom is -0.317 e. The molecule has 0 amide bonds. The molecule has 1 saturated heterocycles. The van der Waals surface area contributed by atoms with Gasteiger partial charge in [0.1, 0.15) is 0 Å². The minimum atomic E-state index is 0.870. The van der Waals surface area contributed by atoms with E-state index in [0.717, 1.165) is 23.8 Å². The second-order valence-corrected chi connectivity index (χ2v) is 6.95. The van der Waals surface area contributed by atoms with Gasteiger partial charge in [-0.25, -0.2) is 0 Å². The van der Waals surface area contributed by atoms with Crippen LogP contribution in [0.25, 0.3) is 0 Å². The molecule has 2 rings (SSSR count). The topological polar surface area (TPSA) is 15.3 Å². The van der Waals surface area contributed by atoms with Crippen molar-refractivity contribution in [2.24, 2.45) is 17.8 Å². The summed E-state index contributed by atoms with van der Waals surface area (Å²) in [4.78, 5) is 2.67. The lowest BCUT2D eigenvalue weighted by molar-refractivity contribution is 0.124. The molecule has 1 aliphatic heterocycles. The second kappa shape index (κ2) is 6.91. The van der Waals surface area contributed by atoms with Crippen LogP contribution in [0.2, 0.25) is 0 Å². The fraction of sp³-hybridized carbons (Fsp3) is 1.00. The number of hydrogen-bond acceptors (Lipinski definition) is 2. The molecule has 0 aromatic rings. The Bertz CT molecular complexity index is 225. The third-order valence-electron chi connectivity index (χ3n) is 5.31. The number of rotatable bonds is 4. The first kappa shape index (κ1) is 14.3. The first-order valence-corrected chi connectivity index (χ1v) is 8.07. The van der Waals surface area contributed by atoms with Crippen molar-refractivity contribution >= 4 is 0 Å². The van der Waals surface area contributed by atoms with Crippen LogP contribution in [-0.4, -0.2) is 37.6 Å². The van der Waals surface area contributed by atoms with E-state index in [1.165, 1.54) is 58.2 Å². The van der Waals surface area contributed by atoms with Crippen LogP contribution in [-0.2, 0) is 0 Å². The van der Waals surface area contributed by atoms with Crippen LogP contribution in [0.5, 0.6) is 0 Å². The van der Waals surface area contributed by atoms with Crippen molar-refractivity contribution in [3.63, 3.8) is 0 Å². The minimum absolute atomic E-state index is 0.870. The van der Waals surface area contributed by atoms with E-state index in [-0.39, 0.29) is 0 Å². The molecule has 0 radical (unpaired) electrons. The summed E-state index contributed by atoms with van der Waals surface area (Å²) in [5, 5.41) is 3.47. The Morgan fingerprint density at radius 3 is 2.17 bits per heavy atom. The van der Waals surface area contributed by atoms with Gasteiger partial charge < -0.3 is 10.2 Å². The van der Waals surface area contributed by atoms with Gasteiger partial charge in [0.2, 0.25) is 0 Å². The molecular formula is C16H32N2. The molecule has 2 heteroatoms. The molecule has 0 unspecified atom stereocenters. The lowest BCUT2D eigenvalue weighted by atomic mass is 9.79. The molecule has 1 heterocycles. The van der Waals surface area contributed by atoms with E-state index in [2.05, 4.69) is 31.1 Å².